The lowest BCUT2D eigenvalue weighted by molar-refractivity contribution is -0.136. The summed E-state index contributed by atoms with van der Waals surface area (Å²) in [7, 11) is 0. The predicted octanol–water partition coefficient (Wildman–Crippen LogP) is 4.09. The first-order valence-electron chi connectivity index (χ1n) is 10.9. The number of carbonyl (C=O) groups is 1. The molecule has 1 amide bonds. The van der Waals surface area contributed by atoms with Gasteiger partial charge in [-0.1, -0.05) is 36.9 Å². The number of hydrogen-bond acceptors (Lipinski definition) is 4. The van der Waals surface area contributed by atoms with Crippen molar-refractivity contribution in [3.05, 3.63) is 46.7 Å². The topological polar surface area (TPSA) is 78.5 Å². The molecule has 2 aromatic rings. The summed E-state index contributed by atoms with van der Waals surface area (Å²) in [4.78, 5) is 14.6. The van der Waals surface area contributed by atoms with Crippen molar-refractivity contribution in [1.82, 2.24) is 15.1 Å². The molecule has 1 aromatic carbocycles. The maximum Gasteiger partial charge on any atom is 0.225 e. The number of nitrogens with zero attached hydrogens (tertiary/aromatic N) is 2. The number of aliphatic hydroxyl groups is 1. The molecule has 1 atom stereocenters. The first kappa shape index (κ1) is 21.2. The number of amides is 1. The number of aromatic amines is 1. The van der Waals surface area contributed by atoms with E-state index in [0.717, 1.165) is 68.6 Å². The van der Waals surface area contributed by atoms with Crippen LogP contribution in [0.5, 0.6) is 5.75 Å². The molecule has 7 heteroatoms. The minimum absolute atomic E-state index is 0.0765. The second kappa shape index (κ2) is 9.40. The quantitative estimate of drug-likeness (QED) is 0.692. The molecular weight excluding hydrogens is 402 g/mol. The molecule has 1 aliphatic heterocycles. The van der Waals surface area contributed by atoms with Crippen LogP contribution in [0.3, 0.4) is 0 Å². The molecule has 2 aliphatic rings. The number of carbonyl (C=O) groups excluding carboxylic acids is 1. The van der Waals surface area contributed by atoms with Crippen molar-refractivity contribution < 1.29 is 14.6 Å². The number of aromatic nitrogens is 2. The van der Waals surface area contributed by atoms with Crippen molar-refractivity contribution in [1.29, 1.82) is 0 Å². The van der Waals surface area contributed by atoms with Gasteiger partial charge in [0.25, 0.3) is 0 Å². The maximum absolute atomic E-state index is 12.7. The Labute approximate surface area is 182 Å². The van der Waals surface area contributed by atoms with Crippen molar-refractivity contribution in [2.24, 2.45) is 0 Å². The molecule has 30 heavy (non-hydrogen) atoms. The zero-order chi connectivity index (χ0) is 21.0. The summed E-state index contributed by atoms with van der Waals surface area (Å²) in [6.07, 6.45) is 6.58. The van der Waals surface area contributed by atoms with E-state index in [1.165, 1.54) is 0 Å². The highest BCUT2D eigenvalue weighted by Crippen LogP contribution is 2.33. The summed E-state index contributed by atoms with van der Waals surface area (Å²) in [6, 6.07) is 9.45. The highest BCUT2D eigenvalue weighted by Gasteiger charge is 2.36. The fourth-order valence-electron chi connectivity index (χ4n) is 4.56. The summed E-state index contributed by atoms with van der Waals surface area (Å²) in [6.45, 7) is 1.95. The Kier molecular flexibility index (Phi) is 6.64. The Balaban J connectivity index is 1.25. The van der Waals surface area contributed by atoms with Gasteiger partial charge < -0.3 is 14.7 Å². The zero-order valence-electron chi connectivity index (χ0n) is 17.3. The number of ether oxygens (including phenoxy) is 1. The van der Waals surface area contributed by atoms with E-state index in [4.69, 9.17) is 16.3 Å². The van der Waals surface area contributed by atoms with Crippen LogP contribution in [0.25, 0.3) is 0 Å². The van der Waals surface area contributed by atoms with E-state index in [0.29, 0.717) is 18.2 Å². The van der Waals surface area contributed by atoms with Gasteiger partial charge in [-0.2, -0.15) is 5.10 Å². The minimum Gasteiger partial charge on any atom is -0.493 e. The fraction of sp³-hybridized carbons (Fsp3) is 0.565. The molecule has 162 valence electrons. The Hall–Kier alpha value is -2.05. The fourth-order valence-corrected chi connectivity index (χ4v) is 4.74. The van der Waals surface area contributed by atoms with Crippen molar-refractivity contribution in [2.75, 3.05) is 19.7 Å². The van der Waals surface area contributed by atoms with Gasteiger partial charge in [0.15, 0.2) is 0 Å². The van der Waals surface area contributed by atoms with Crippen LogP contribution in [0.1, 0.15) is 62.3 Å². The number of nitrogens with one attached hydrogen (secondary N) is 1. The van der Waals surface area contributed by atoms with E-state index in [2.05, 4.69) is 16.3 Å². The molecule has 1 aromatic heterocycles. The third-order valence-electron chi connectivity index (χ3n) is 6.31. The standard InChI is InChI=1S/C23H30ClN3O3/c24-18-5-4-6-20(13-18)30-12-8-19-14-21(26-25-19)17-7-11-27(16-17)22(28)15-23(29)9-2-1-3-10-23/h4-6,13-14,17,29H,1-3,7-12,15-16H2,(H,25,26)/t17-/m0/s1. The summed E-state index contributed by atoms with van der Waals surface area (Å²) < 4.78 is 5.75. The highest BCUT2D eigenvalue weighted by atomic mass is 35.5. The normalized spacial score (nSPS) is 21.0. The van der Waals surface area contributed by atoms with E-state index in [-0.39, 0.29) is 18.2 Å². The summed E-state index contributed by atoms with van der Waals surface area (Å²) in [5.41, 5.74) is 1.23. The molecule has 0 bridgehead atoms. The summed E-state index contributed by atoms with van der Waals surface area (Å²) in [5.74, 6) is 1.08. The van der Waals surface area contributed by atoms with Gasteiger partial charge >= 0.3 is 0 Å². The molecule has 4 rings (SSSR count). The average Bonchev–Trinajstić information content (AvgIpc) is 3.38. The van der Waals surface area contributed by atoms with Crippen LogP contribution >= 0.6 is 11.6 Å². The Morgan fingerprint density at radius 1 is 1.30 bits per heavy atom. The number of halogens is 1. The molecule has 2 fully saturated rings. The lowest BCUT2D eigenvalue weighted by Crippen LogP contribution is -2.39. The third-order valence-corrected chi connectivity index (χ3v) is 6.55. The largest absolute Gasteiger partial charge is 0.493 e. The van der Waals surface area contributed by atoms with Gasteiger partial charge in [-0.25, -0.2) is 0 Å². The van der Waals surface area contributed by atoms with Crippen LogP contribution in [0.15, 0.2) is 30.3 Å². The number of likely N-dealkylation sites (tertiary alicyclic amines) is 1. The Bertz CT molecular complexity index is 863. The van der Waals surface area contributed by atoms with Crippen LogP contribution in [0, 0.1) is 0 Å². The molecule has 2 N–H and O–H groups in total. The van der Waals surface area contributed by atoms with Crippen LogP contribution in [0.4, 0.5) is 0 Å². The molecule has 1 aliphatic carbocycles. The van der Waals surface area contributed by atoms with Crippen LogP contribution < -0.4 is 4.74 Å². The summed E-state index contributed by atoms with van der Waals surface area (Å²) in [5, 5.41) is 18.9. The molecule has 1 saturated heterocycles. The van der Waals surface area contributed by atoms with E-state index in [1.54, 1.807) is 6.07 Å². The number of hydrogen-bond donors (Lipinski definition) is 2. The zero-order valence-corrected chi connectivity index (χ0v) is 18.0. The number of rotatable bonds is 7. The van der Waals surface area contributed by atoms with Gasteiger partial charge in [-0.05, 0) is 43.5 Å². The van der Waals surface area contributed by atoms with Crippen molar-refractivity contribution in [3.8, 4) is 5.75 Å². The van der Waals surface area contributed by atoms with Gasteiger partial charge in [0.1, 0.15) is 5.75 Å². The average molecular weight is 432 g/mol. The molecule has 0 spiro atoms. The van der Waals surface area contributed by atoms with Crippen LogP contribution in [-0.4, -0.2) is 51.4 Å². The van der Waals surface area contributed by atoms with Crippen molar-refractivity contribution >= 4 is 17.5 Å². The van der Waals surface area contributed by atoms with Gasteiger partial charge in [0, 0.05) is 36.1 Å². The molecule has 1 saturated carbocycles. The lowest BCUT2D eigenvalue weighted by atomic mass is 9.82. The van der Waals surface area contributed by atoms with Crippen molar-refractivity contribution in [3.63, 3.8) is 0 Å². The van der Waals surface area contributed by atoms with Crippen LogP contribution in [-0.2, 0) is 11.2 Å². The maximum atomic E-state index is 12.7. The van der Waals surface area contributed by atoms with Gasteiger partial charge in [-0.3, -0.25) is 9.89 Å². The van der Waals surface area contributed by atoms with E-state index in [9.17, 15) is 9.90 Å². The molecule has 6 nitrogen and oxygen atoms in total. The lowest BCUT2D eigenvalue weighted by Gasteiger charge is -2.32. The van der Waals surface area contributed by atoms with Crippen LogP contribution in [0.2, 0.25) is 5.02 Å². The molecule has 0 unspecified atom stereocenters. The first-order chi connectivity index (χ1) is 14.5. The van der Waals surface area contributed by atoms with E-state index in [1.807, 2.05) is 23.1 Å². The van der Waals surface area contributed by atoms with Gasteiger partial charge in [-0.15, -0.1) is 0 Å². The Morgan fingerprint density at radius 2 is 2.13 bits per heavy atom. The predicted molar refractivity (Wildman–Crippen MR) is 116 cm³/mol. The molecule has 0 radical (unpaired) electrons. The van der Waals surface area contributed by atoms with Gasteiger partial charge in [0.05, 0.1) is 24.3 Å². The first-order valence-corrected chi connectivity index (χ1v) is 11.3. The monoisotopic (exact) mass is 431 g/mol. The van der Waals surface area contributed by atoms with E-state index >= 15 is 0 Å². The van der Waals surface area contributed by atoms with Crippen molar-refractivity contribution in [2.45, 2.75) is 62.9 Å². The smallest absolute Gasteiger partial charge is 0.225 e. The van der Waals surface area contributed by atoms with E-state index < -0.39 is 5.60 Å². The third kappa shape index (κ3) is 5.35. The number of benzene rings is 1. The van der Waals surface area contributed by atoms with Gasteiger partial charge in [0.2, 0.25) is 5.91 Å². The summed E-state index contributed by atoms with van der Waals surface area (Å²) >= 11 is 5.97. The SMILES string of the molecule is O=C(CC1(O)CCCCC1)N1CC[C@H](c2cc(CCOc3cccc(Cl)c3)[nH]n2)C1. The minimum atomic E-state index is -0.796. The second-order valence-electron chi connectivity index (χ2n) is 8.66. The molecular formula is C23H30ClN3O3. The second-order valence-corrected chi connectivity index (χ2v) is 9.10. The number of H-pyrrole nitrogens is 1. The molecule has 2 heterocycles. The highest BCUT2D eigenvalue weighted by molar-refractivity contribution is 6.30. The Morgan fingerprint density at radius 3 is 2.93 bits per heavy atom.